The molecule has 0 radical (unpaired) electrons. The summed E-state index contributed by atoms with van der Waals surface area (Å²) in [5, 5.41) is 0. The van der Waals surface area contributed by atoms with Gasteiger partial charge in [-0.05, 0) is 42.4 Å². The maximum atomic E-state index is 5.87. The van der Waals surface area contributed by atoms with E-state index in [1.807, 2.05) is 6.92 Å². The molecule has 1 atom stereocenters. The molecule has 0 fully saturated rings. The fraction of sp³-hybridized carbons (Fsp3) is 0.625. The van der Waals surface area contributed by atoms with Crippen molar-refractivity contribution in [3.05, 3.63) is 29.3 Å². The van der Waals surface area contributed by atoms with E-state index in [2.05, 4.69) is 45.9 Å². The molecule has 0 aliphatic heterocycles. The zero-order valence-corrected chi connectivity index (χ0v) is 13.6. The SMILES string of the molecule is CCCOc1ccc(CC(C)N)cc1C(C)(C)C.Cl. The van der Waals surface area contributed by atoms with Crippen LogP contribution in [-0.2, 0) is 11.8 Å². The molecular formula is C16H28ClNO. The van der Waals surface area contributed by atoms with Gasteiger partial charge in [0.1, 0.15) is 5.75 Å². The predicted molar refractivity (Wildman–Crippen MR) is 85.5 cm³/mol. The van der Waals surface area contributed by atoms with Gasteiger partial charge >= 0.3 is 0 Å². The van der Waals surface area contributed by atoms with Crippen LogP contribution in [0.2, 0.25) is 0 Å². The molecule has 1 aromatic rings. The van der Waals surface area contributed by atoms with E-state index in [1.165, 1.54) is 11.1 Å². The van der Waals surface area contributed by atoms with Gasteiger partial charge in [-0.2, -0.15) is 0 Å². The van der Waals surface area contributed by atoms with Crippen LogP contribution in [0.1, 0.15) is 52.2 Å². The van der Waals surface area contributed by atoms with Crippen molar-refractivity contribution >= 4 is 12.4 Å². The summed E-state index contributed by atoms with van der Waals surface area (Å²) in [6.45, 7) is 11.6. The number of benzene rings is 1. The van der Waals surface area contributed by atoms with E-state index >= 15 is 0 Å². The summed E-state index contributed by atoms with van der Waals surface area (Å²) in [7, 11) is 0. The van der Waals surface area contributed by atoms with Crippen LogP contribution in [0.3, 0.4) is 0 Å². The minimum absolute atomic E-state index is 0. The van der Waals surface area contributed by atoms with Crippen molar-refractivity contribution in [1.29, 1.82) is 0 Å². The Labute approximate surface area is 124 Å². The second kappa shape index (κ2) is 7.76. The van der Waals surface area contributed by atoms with Crippen LogP contribution in [0.25, 0.3) is 0 Å². The van der Waals surface area contributed by atoms with Gasteiger partial charge in [0.05, 0.1) is 6.61 Å². The lowest BCUT2D eigenvalue weighted by Gasteiger charge is -2.24. The zero-order chi connectivity index (χ0) is 13.8. The van der Waals surface area contributed by atoms with E-state index in [1.54, 1.807) is 0 Å². The molecule has 3 heteroatoms. The highest BCUT2D eigenvalue weighted by Crippen LogP contribution is 2.32. The van der Waals surface area contributed by atoms with Crippen LogP contribution in [0, 0.1) is 0 Å². The van der Waals surface area contributed by atoms with Crippen LogP contribution < -0.4 is 10.5 Å². The Hall–Kier alpha value is -0.730. The average Bonchev–Trinajstić information content (AvgIpc) is 2.25. The first-order chi connectivity index (χ1) is 8.34. The largest absolute Gasteiger partial charge is 0.493 e. The summed E-state index contributed by atoms with van der Waals surface area (Å²) in [6, 6.07) is 6.66. The highest BCUT2D eigenvalue weighted by molar-refractivity contribution is 5.85. The Bertz CT molecular complexity index is 383. The van der Waals surface area contributed by atoms with Crippen LogP contribution in [-0.4, -0.2) is 12.6 Å². The first-order valence-corrected chi connectivity index (χ1v) is 6.86. The molecule has 1 aromatic carbocycles. The first-order valence-electron chi connectivity index (χ1n) is 6.86. The van der Waals surface area contributed by atoms with Gasteiger partial charge in [-0.1, -0.05) is 39.8 Å². The first kappa shape index (κ1) is 18.3. The second-order valence-corrected chi connectivity index (χ2v) is 6.11. The summed E-state index contributed by atoms with van der Waals surface area (Å²) < 4.78 is 5.84. The molecule has 2 nitrogen and oxygen atoms in total. The number of nitrogens with two attached hydrogens (primary N) is 1. The van der Waals surface area contributed by atoms with E-state index in [4.69, 9.17) is 10.5 Å². The smallest absolute Gasteiger partial charge is 0.123 e. The van der Waals surface area contributed by atoms with E-state index in [-0.39, 0.29) is 23.9 Å². The van der Waals surface area contributed by atoms with Crippen LogP contribution >= 0.6 is 12.4 Å². The van der Waals surface area contributed by atoms with Crippen molar-refractivity contribution in [2.45, 2.75) is 58.9 Å². The number of hydrogen-bond donors (Lipinski definition) is 1. The topological polar surface area (TPSA) is 35.2 Å². The second-order valence-electron chi connectivity index (χ2n) is 6.11. The van der Waals surface area contributed by atoms with Crippen LogP contribution in [0.15, 0.2) is 18.2 Å². The summed E-state index contributed by atoms with van der Waals surface area (Å²) in [5.41, 5.74) is 8.53. The zero-order valence-electron chi connectivity index (χ0n) is 12.8. The van der Waals surface area contributed by atoms with Gasteiger partial charge in [-0.3, -0.25) is 0 Å². The third kappa shape index (κ3) is 5.84. The Morgan fingerprint density at radius 1 is 1.26 bits per heavy atom. The Balaban J connectivity index is 0.00000324. The molecule has 1 unspecified atom stereocenters. The highest BCUT2D eigenvalue weighted by atomic mass is 35.5. The Morgan fingerprint density at radius 3 is 2.37 bits per heavy atom. The standard InChI is InChI=1S/C16H27NO.ClH/c1-6-9-18-15-8-7-13(10-12(2)17)11-14(15)16(3,4)5;/h7-8,11-12H,6,9-10,17H2,1-5H3;1H. The molecule has 0 aromatic heterocycles. The minimum atomic E-state index is 0. The fourth-order valence-electron chi connectivity index (χ4n) is 2.00. The van der Waals surface area contributed by atoms with Gasteiger partial charge in [0.2, 0.25) is 0 Å². The molecule has 0 aliphatic carbocycles. The molecule has 2 N–H and O–H groups in total. The molecule has 0 bridgehead atoms. The van der Waals surface area contributed by atoms with Gasteiger partial charge in [0.25, 0.3) is 0 Å². The Kier molecular flexibility index (Phi) is 7.46. The van der Waals surface area contributed by atoms with E-state index in [9.17, 15) is 0 Å². The van der Waals surface area contributed by atoms with Gasteiger partial charge in [0, 0.05) is 6.04 Å². The summed E-state index contributed by atoms with van der Waals surface area (Å²) in [5.74, 6) is 1.01. The van der Waals surface area contributed by atoms with Crippen molar-refractivity contribution in [1.82, 2.24) is 0 Å². The van der Waals surface area contributed by atoms with Crippen molar-refractivity contribution in [3.8, 4) is 5.75 Å². The van der Waals surface area contributed by atoms with Crippen molar-refractivity contribution in [3.63, 3.8) is 0 Å². The van der Waals surface area contributed by atoms with Gasteiger partial charge in [0.15, 0.2) is 0 Å². The lowest BCUT2D eigenvalue weighted by atomic mass is 9.85. The summed E-state index contributed by atoms with van der Waals surface area (Å²) in [6.07, 6.45) is 1.95. The third-order valence-corrected chi connectivity index (χ3v) is 2.87. The van der Waals surface area contributed by atoms with Crippen molar-refractivity contribution in [2.24, 2.45) is 5.73 Å². The third-order valence-electron chi connectivity index (χ3n) is 2.87. The number of hydrogen-bond acceptors (Lipinski definition) is 2. The van der Waals surface area contributed by atoms with E-state index in [0.29, 0.717) is 0 Å². The van der Waals surface area contributed by atoms with Crippen molar-refractivity contribution in [2.75, 3.05) is 6.61 Å². The molecule has 0 amide bonds. The number of halogens is 1. The van der Waals surface area contributed by atoms with Crippen molar-refractivity contribution < 1.29 is 4.74 Å². The predicted octanol–water partition coefficient (Wildman–Crippen LogP) is 4.08. The van der Waals surface area contributed by atoms with E-state index in [0.717, 1.165) is 25.2 Å². The monoisotopic (exact) mass is 285 g/mol. The Morgan fingerprint density at radius 2 is 1.89 bits per heavy atom. The average molecular weight is 286 g/mol. The van der Waals surface area contributed by atoms with Gasteiger partial charge in [-0.15, -0.1) is 12.4 Å². The summed E-state index contributed by atoms with van der Waals surface area (Å²) >= 11 is 0. The van der Waals surface area contributed by atoms with Crippen LogP contribution in [0.4, 0.5) is 0 Å². The number of rotatable bonds is 5. The number of ether oxygens (including phenoxy) is 1. The quantitative estimate of drug-likeness (QED) is 0.884. The lowest BCUT2D eigenvalue weighted by molar-refractivity contribution is 0.308. The van der Waals surface area contributed by atoms with E-state index < -0.39 is 0 Å². The lowest BCUT2D eigenvalue weighted by Crippen LogP contribution is -2.19. The van der Waals surface area contributed by atoms with Crippen LogP contribution in [0.5, 0.6) is 5.75 Å². The highest BCUT2D eigenvalue weighted by Gasteiger charge is 2.19. The maximum absolute atomic E-state index is 5.87. The molecule has 110 valence electrons. The molecule has 0 spiro atoms. The molecule has 1 rings (SSSR count). The molecular weight excluding hydrogens is 258 g/mol. The normalized spacial score (nSPS) is 12.7. The molecule has 19 heavy (non-hydrogen) atoms. The molecule has 0 aliphatic rings. The summed E-state index contributed by atoms with van der Waals surface area (Å²) in [4.78, 5) is 0. The maximum Gasteiger partial charge on any atom is 0.123 e. The molecule has 0 heterocycles. The fourth-order valence-corrected chi connectivity index (χ4v) is 2.00. The van der Waals surface area contributed by atoms with Gasteiger partial charge in [-0.25, -0.2) is 0 Å². The minimum Gasteiger partial charge on any atom is -0.493 e. The molecule has 0 saturated carbocycles. The molecule has 0 saturated heterocycles. The van der Waals surface area contributed by atoms with Gasteiger partial charge < -0.3 is 10.5 Å².